The van der Waals surface area contributed by atoms with Crippen molar-refractivity contribution in [1.82, 2.24) is 0 Å². The topological polar surface area (TPSA) is 55.8 Å². The Morgan fingerprint density at radius 1 is 1.00 bits per heavy atom. The molecule has 0 saturated heterocycles. The number of hydrogen-bond acceptors (Lipinski definition) is 4. The highest BCUT2D eigenvalue weighted by atomic mass is 17.2. The first-order chi connectivity index (χ1) is 12.2. The summed E-state index contributed by atoms with van der Waals surface area (Å²) in [6.45, 7) is 2.22. The first kappa shape index (κ1) is 23.4. The van der Waals surface area contributed by atoms with E-state index in [9.17, 15) is 9.90 Å². The van der Waals surface area contributed by atoms with Crippen LogP contribution in [0.2, 0.25) is 0 Å². The van der Waals surface area contributed by atoms with Crippen LogP contribution >= 0.6 is 0 Å². The van der Waals surface area contributed by atoms with Gasteiger partial charge in [-0.25, -0.2) is 4.79 Å². The van der Waals surface area contributed by atoms with E-state index in [1.54, 1.807) is 6.08 Å². The van der Waals surface area contributed by atoms with Gasteiger partial charge in [0, 0.05) is 6.42 Å². The second-order valence-corrected chi connectivity index (χ2v) is 5.80. The Hall–Kier alpha value is -1.65. The molecule has 0 heterocycles. The molecule has 0 aromatic heterocycles. The molecule has 0 aromatic carbocycles. The first-order valence-electron chi connectivity index (χ1n) is 9.25. The SMILES string of the molecule is CCCCC/C=C\C/C=C\C/C=C\C=C\[C@H](O)CCCC(=O)OOC. The van der Waals surface area contributed by atoms with Crippen molar-refractivity contribution in [3.63, 3.8) is 0 Å². The molecule has 0 aliphatic carbocycles. The monoisotopic (exact) mass is 350 g/mol. The zero-order valence-corrected chi connectivity index (χ0v) is 15.7. The van der Waals surface area contributed by atoms with Crippen LogP contribution in [-0.4, -0.2) is 24.3 Å². The number of aliphatic hydroxyl groups excluding tert-OH is 1. The number of hydrogen-bond donors (Lipinski definition) is 1. The van der Waals surface area contributed by atoms with E-state index in [-0.39, 0.29) is 6.42 Å². The summed E-state index contributed by atoms with van der Waals surface area (Å²) in [6, 6.07) is 0. The summed E-state index contributed by atoms with van der Waals surface area (Å²) in [4.78, 5) is 19.7. The lowest BCUT2D eigenvalue weighted by Gasteiger charge is -2.03. The molecule has 25 heavy (non-hydrogen) atoms. The molecule has 0 fully saturated rings. The maximum Gasteiger partial charge on any atom is 0.342 e. The Morgan fingerprint density at radius 3 is 2.44 bits per heavy atom. The van der Waals surface area contributed by atoms with E-state index in [0.717, 1.165) is 12.8 Å². The fraction of sp³-hybridized carbons (Fsp3) is 0.571. The van der Waals surface area contributed by atoms with Gasteiger partial charge in [-0.2, -0.15) is 4.89 Å². The maximum atomic E-state index is 11.0. The number of carbonyl (C=O) groups is 1. The van der Waals surface area contributed by atoms with Crippen LogP contribution in [0.1, 0.15) is 64.7 Å². The molecular weight excluding hydrogens is 316 g/mol. The van der Waals surface area contributed by atoms with Crippen LogP contribution in [0, 0.1) is 0 Å². The minimum atomic E-state index is -0.548. The van der Waals surface area contributed by atoms with Crippen molar-refractivity contribution in [3.8, 4) is 0 Å². The molecular formula is C21H34O4. The molecule has 0 bridgehead atoms. The highest BCUT2D eigenvalue weighted by Crippen LogP contribution is 2.04. The number of aliphatic hydroxyl groups is 1. The van der Waals surface area contributed by atoms with Crippen molar-refractivity contribution >= 4 is 5.97 Å². The van der Waals surface area contributed by atoms with Crippen LogP contribution in [0.5, 0.6) is 0 Å². The molecule has 0 spiro atoms. The van der Waals surface area contributed by atoms with Gasteiger partial charge < -0.3 is 5.11 Å². The summed E-state index contributed by atoms with van der Waals surface area (Å²) >= 11 is 0. The van der Waals surface area contributed by atoms with E-state index in [4.69, 9.17) is 0 Å². The Labute approximate surface area is 152 Å². The maximum absolute atomic E-state index is 11.0. The van der Waals surface area contributed by atoms with Crippen molar-refractivity contribution in [1.29, 1.82) is 0 Å². The van der Waals surface area contributed by atoms with Gasteiger partial charge in [0.25, 0.3) is 0 Å². The molecule has 0 saturated carbocycles. The van der Waals surface area contributed by atoms with Crippen LogP contribution in [0.4, 0.5) is 0 Å². The zero-order chi connectivity index (χ0) is 18.6. The average molecular weight is 350 g/mol. The second-order valence-electron chi connectivity index (χ2n) is 5.80. The molecule has 0 rings (SSSR count). The Balaban J connectivity index is 3.63. The van der Waals surface area contributed by atoms with Gasteiger partial charge in [-0.05, 0) is 38.5 Å². The Kier molecular flexibility index (Phi) is 17.5. The number of unbranched alkanes of at least 4 members (excludes halogenated alkanes) is 3. The van der Waals surface area contributed by atoms with Crippen LogP contribution < -0.4 is 0 Å². The molecule has 142 valence electrons. The lowest BCUT2D eigenvalue weighted by Crippen LogP contribution is -2.06. The predicted octanol–water partition coefficient (Wildman–Crippen LogP) is 5.21. The van der Waals surface area contributed by atoms with E-state index >= 15 is 0 Å². The van der Waals surface area contributed by atoms with Crippen LogP contribution in [0.15, 0.2) is 48.6 Å². The summed E-state index contributed by atoms with van der Waals surface area (Å²) in [7, 11) is 1.29. The number of carbonyl (C=O) groups excluding carboxylic acids is 1. The lowest BCUT2D eigenvalue weighted by atomic mass is 10.1. The quantitative estimate of drug-likeness (QED) is 0.145. The van der Waals surface area contributed by atoms with Gasteiger partial charge in [0.1, 0.15) is 0 Å². The molecule has 1 atom stereocenters. The molecule has 0 amide bonds. The minimum Gasteiger partial charge on any atom is -0.389 e. The van der Waals surface area contributed by atoms with Crippen molar-refractivity contribution in [2.45, 2.75) is 70.8 Å². The van der Waals surface area contributed by atoms with Crippen molar-refractivity contribution in [2.75, 3.05) is 7.11 Å². The highest BCUT2D eigenvalue weighted by molar-refractivity contribution is 5.68. The molecule has 4 nitrogen and oxygen atoms in total. The van der Waals surface area contributed by atoms with Crippen molar-refractivity contribution < 1.29 is 19.7 Å². The number of rotatable bonds is 15. The third-order valence-corrected chi connectivity index (χ3v) is 3.49. The predicted molar refractivity (Wildman–Crippen MR) is 103 cm³/mol. The summed E-state index contributed by atoms with van der Waals surface area (Å²) in [6.07, 6.45) is 24.0. The highest BCUT2D eigenvalue weighted by Gasteiger charge is 2.05. The molecule has 0 radical (unpaired) electrons. The van der Waals surface area contributed by atoms with E-state index < -0.39 is 12.1 Å². The lowest BCUT2D eigenvalue weighted by molar-refractivity contribution is -0.255. The first-order valence-corrected chi connectivity index (χ1v) is 9.25. The molecule has 0 unspecified atom stereocenters. The summed E-state index contributed by atoms with van der Waals surface area (Å²) in [5, 5.41) is 9.74. The Bertz CT molecular complexity index is 422. The van der Waals surface area contributed by atoms with Crippen molar-refractivity contribution in [3.05, 3.63) is 48.6 Å². The molecule has 1 N–H and O–H groups in total. The second kappa shape index (κ2) is 18.7. The smallest absolute Gasteiger partial charge is 0.342 e. The van der Waals surface area contributed by atoms with Crippen LogP contribution in [-0.2, 0) is 14.6 Å². The van der Waals surface area contributed by atoms with Gasteiger partial charge in [-0.15, -0.1) is 0 Å². The van der Waals surface area contributed by atoms with E-state index in [0.29, 0.717) is 12.8 Å². The summed E-state index contributed by atoms with van der Waals surface area (Å²) in [5.41, 5.74) is 0. The normalized spacial score (nSPS) is 13.6. The van der Waals surface area contributed by atoms with E-state index in [1.807, 2.05) is 18.2 Å². The Morgan fingerprint density at radius 2 is 1.72 bits per heavy atom. The van der Waals surface area contributed by atoms with Crippen LogP contribution in [0.25, 0.3) is 0 Å². The van der Waals surface area contributed by atoms with Gasteiger partial charge in [0.05, 0.1) is 13.2 Å². The van der Waals surface area contributed by atoms with Gasteiger partial charge in [-0.1, -0.05) is 68.4 Å². The summed E-state index contributed by atoms with van der Waals surface area (Å²) < 4.78 is 0. The van der Waals surface area contributed by atoms with Gasteiger partial charge in [-0.3, -0.25) is 4.89 Å². The van der Waals surface area contributed by atoms with Gasteiger partial charge in [0.2, 0.25) is 0 Å². The molecule has 0 aromatic rings. The third-order valence-electron chi connectivity index (χ3n) is 3.49. The number of allylic oxidation sites excluding steroid dienone is 7. The third kappa shape index (κ3) is 18.5. The summed E-state index contributed by atoms with van der Waals surface area (Å²) in [5.74, 6) is -0.416. The fourth-order valence-corrected chi connectivity index (χ4v) is 2.11. The van der Waals surface area contributed by atoms with E-state index in [1.165, 1.54) is 32.8 Å². The minimum absolute atomic E-state index is 0.242. The fourth-order valence-electron chi connectivity index (χ4n) is 2.11. The van der Waals surface area contributed by atoms with Crippen molar-refractivity contribution in [2.24, 2.45) is 0 Å². The molecule has 4 heteroatoms. The zero-order valence-electron chi connectivity index (χ0n) is 15.7. The standard InChI is InChI=1S/C21H34O4/c1-3-4-5-6-7-8-9-10-11-12-13-14-15-17-20(22)18-16-19-21(23)25-24-2/h7-8,10-11,13-15,17,20,22H,3-6,9,12,16,18-19H2,1-2H3/b8-7-,11-10-,14-13-,17-15+/t20-/m0/s1. The van der Waals surface area contributed by atoms with E-state index in [2.05, 4.69) is 41.0 Å². The molecule has 0 aliphatic heterocycles. The molecule has 0 aliphatic rings. The van der Waals surface area contributed by atoms with Crippen LogP contribution in [0.3, 0.4) is 0 Å². The largest absolute Gasteiger partial charge is 0.389 e. The van der Waals surface area contributed by atoms with Gasteiger partial charge >= 0.3 is 5.97 Å². The average Bonchev–Trinajstić information content (AvgIpc) is 2.59. The van der Waals surface area contributed by atoms with Gasteiger partial charge in [0.15, 0.2) is 0 Å².